The molecule has 0 fully saturated rings. The fourth-order valence-electron chi connectivity index (χ4n) is 2.66. The maximum absolute atomic E-state index is 11.8. The molecule has 0 radical (unpaired) electrons. The Labute approximate surface area is 128 Å². The van der Waals surface area contributed by atoms with Crippen LogP contribution in [0.15, 0.2) is 35.5 Å². The van der Waals surface area contributed by atoms with Crippen molar-refractivity contribution in [1.82, 2.24) is 4.98 Å². The van der Waals surface area contributed by atoms with Gasteiger partial charge in [0.2, 0.25) is 0 Å². The van der Waals surface area contributed by atoms with Crippen molar-refractivity contribution in [2.24, 2.45) is 0 Å². The third kappa shape index (κ3) is 2.89. The molecular formula is C15H14ClNO3S. The number of ether oxygens (including phenoxy) is 1. The van der Waals surface area contributed by atoms with Crippen molar-refractivity contribution in [3.63, 3.8) is 0 Å². The molecule has 110 valence electrons. The fraction of sp³-hybridized carbons (Fsp3) is 0.267. The summed E-state index contributed by atoms with van der Waals surface area (Å²) in [5, 5.41) is 0.497. The van der Waals surface area contributed by atoms with E-state index in [2.05, 4.69) is 4.98 Å². The van der Waals surface area contributed by atoms with E-state index in [-0.39, 0.29) is 0 Å². The standard InChI is InChI=1S/C15H14ClNO3S/c1-21(18,19)15-6-5-14(12-3-2-4-13(12)15)20-11-7-10(16)8-17-9-11/h5-9H,2-4H2,1H3. The highest BCUT2D eigenvalue weighted by atomic mass is 35.5. The molecule has 4 nitrogen and oxygen atoms in total. The smallest absolute Gasteiger partial charge is 0.175 e. The Balaban J connectivity index is 2.04. The summed E-state index contributed by atoms with van der Waals surface area (Å²) >= 11 is 5.89. The van der Waals surface area contributed by atoms with Gasteiger partial charge in [-0.25, -0.2) is 8.42 Å². The van der Waals surface area contributed by atoms with E-state index >= 15 is 0 Å². The van der Waals surface area contributed by atoms with Gasteiger partial charge >= 0.3 is 0 Å². The largest absolute Gasteiger partial charge is 0.455 e. The van der Waals surface area contributed by atoms with Gasteiger partial charge in [0.05, 0.1) is 16.1 Å². The summed E-state index contributed by atoms with van der Waals surface area (Å²) in [6.45, 7) is 0. The fourth-order valence-corrected chi connectivity index (χ4v) is 3.81. The summed E-state index contributed by atoms with van der Waals surface area (Å²) in [5.74, 6) is 1.22. The summed E-state index contributed by atoms with van der Waals surface area (Å²) in [6, 6.07) is 5.01. The van der Waals surface area contributed by atoms with Gasteiger partial charge in [-0.2, -0.15) is 0 Å². The average Bonchev–Trinajstić information content (AvgIpc) is 2.87. The molecule has 1 heterocycles. The zero-order valence-corrected chi connectivity index (χ0v) is 13.0. The second-order valence-corrected chi connectivity index (χ2v) is 7.51. The quantitative estimate of drug-likeness (QED) is 0.868. The molecule has 0 atom stereocenters. The van der Waals surface area contributed by atoms with E-state index in [1.165, 1.54) is 12.5 Å². The van der Waals surface area contributed by atoms with E-state index in [0.29, 0.717) is 21.4 Å². The van der Waals surface area contributed by atoms with Crippen LogP contribution in [-0.4, -0.2) is 19.7 Å². The molecule has 1 aliphatic rings. The molecule has 1 aromatic heterocycles. The first kappa shape index (κ1) is 14.4. The number of aromatic nitrogens is 1. The normalized spacial score (nSPS) is 14.0. The molecule has 3 rings (SSSR count). The van der Waals surface area contributed by atoms with Gasteiger partial charge in [0, 0.05) is 18.5 Å². The van der Waals surface area contributed by atoms with E-state index in [1.54, 1.807) is 24.4 Å². The van der Waals surface area contributed by atoms with Crippen molar-refractivity contribution < 1.29 is 13.2 Å². The highest BCUT2D eigenvalue weighted by molar-refractivity contribution is 7.90. The molecule has 0 amide bonds. The molecule has 0 N–H and O–H groups in total. The van der Waals surface area contributed by atoms with Crippen LogP contribution in [0.3, 0.4) is 0 Å². The number of hydrogen-bond acceptors (Lipinski definition) is 4. The van der Waals surface area contributed by atoms with Crippen LogP contribution < -0.4 is 4.74 Å². The zero-order valence-electron chi connectivity index (χ0n) is 11.5. The van der Waals surface area contributed by atoms with E-state index in [0.717, 1.165) is 30.4 Å². The van der Waals surface area contributed by atoms with Gasteiger partial charge in [-0.05, 0) is 42.5 Å². The molecule has 1 aromatic carbocycles. The predicted molar refractivity (Wildman–Crippen MR) is 80.9 cm³/mol. The lowest BCUT2D eigenvalue weighted by atomic mass is 10.1. The number of hydrogen-bond donors (Lipinski definition) is 0. The molecule has 0 saturated heterocycles. The van der Waals surface area contributed by atoms with Gasteiger partial charge < -0.3 is 4.74 Å². The van der Waals surface area contributed by atoms with Crippen LogP contribution in [0.2, 0.25) is 5.02 Å². The second kappa shape index (κ2) is 5.31. The number of rotatable bonds is 3. The van der Waals surface area contributed by atoms with E-state index < -0.39 is 9.84 Å². The van der Waals surface area contributed by atoms with Gasteiger partial charge in [-0.15, -0.1) is 0 Å². The van der Waals surface area contributed by atoms with Crippen molar-refractivity contribution in [3.8, 4) is 11.5 Å². The van der Waals surface area contributed by atoms with Gasteiger partial charge in [-0.3, -0.25) is 4.98 Å². The maximum atomic E-state index is 11.8. The number of halogens is 1. The first-order valence-electron chi connectivity index (χ1n) is 6.58. The van der Waals surface area contributed by atoms with Crippen molar-refractivity contribution in [3.05, 3.63) is 46.7 Å². The van der Waals surface area contributed by atoms with Crippen LogP contribution in [-0.2, 0) is 22.7 Å². The Kier molecular flexibility index (Phi) is 3.63. The number of sulfone groups is 1. The van der Waals surface area contributed by atoms with Crippen LogP contribution in [0.1, 0.15) is 17.5 Å². The molecule has 6 heteroatoms. The third-order valence-electron chi connectivity index (χ3n) is 3.51. The van der Waals surface area contributed by atoms with Gasteiger partial charge in [-0.1, -0.05) is 11.6 Å². The first-order chi connectivity index (χ1) is 9.95. The summed E-state index contributed by atoms with van der Waals surface area (Å²) in [6.07, 6.45) is 6.88. The zero-order chi connectivity index (χ0) is 15.0. The molecule has 2 aromatic rings. The molecular weight excluding hydrogens is 310 g/mol. The molecule has 0 aliphatic heterocycles. The summed E-state index contributed by atoms with van der Waals surface area (Å²) in [7, 11) is -3.21. The monoisotopic (exact) mass is 323 g/mol. The number of benzene rings is 1. The van der Waals surface area contributed by atoms with Crippen LogP contribution in [0, 0.1) is 0 Å². The highest BCUT2D eigenvalue weighted by Crippen LogP contribution is 2.37. The first-order valence-corrected chi connectivity index (χ1v) is 8.85. The minimum Gasteiger partial charge on any atom is -0.455 e. The van der Waals surface area contributed by atoms with Crippen molar-refractivity contribution in [1.29, 1.82) is 0 Å². The Morgan fingerprint density at radius 3 is 2.67 bits per heavy atom. The van der Waals surface area contributed by atoms with Crippen molar-refractivity contribution in [2.45, 2.75) is 24.2 Å². The number of nitrogens with zero attached hydrogens (tertiary/aromatic N) is 1. The Bertz CT molecular complexity index is 803. The SMILES string of the molecule is CS(=O)(=O)c1ccc(Oc2cncc(Cl)c2)c2c1CCC2. The van der Waals surface area contributed by atoms with Gasteiger partial charge in [0.15, 0.2) is 9.84 Å². The van der Waals surface area contributed by atoms with E-state index in [4.69, 9.17) is 16.3 Å². The third-order valence-corrected chi connectivity index (χ3v) is 4.89. The van der Waals surface area contributed by atoms with Gasteiger partial charge in [0.1, 0.15) is 11.5 Å². The predicted octanol–water partition coefficient (Wildman–Crippen LogP) is 3.42. The minimum atomic E-state index is -3.21. The van der Waals surface area contributed by atoms with Crippen LogP contribution in [0.5, 0.6) is 11.5 Å². The summed E-state index contributed by atoms with van der Waals surface area (Å²) in [5.41, 5.74) is 1.85. The lowest BCUT2D eigenvalue weighted by Gasteiger charge is -2.13. The summed E-state index contributed by atoms with van der Waals surface area (Å²) in [4.78, 5) is 4.39. The molecule has 0 bridgehead atoms. The Morgan fingerprint density at radius 1 is 1.19 bits per heavy atom. The Morgan fingerprint density at radius 2 is 1.95 bits per heavy atom. The van der Waals surface area contributed by atoms with Crippen LogP contribution >= 0.6 is 11.6 Å². The van der Waals surface area contributed by atoms with Crippen LogP contribution in [0.4, 0.5) is 0 Å². The molecule has 0 unspecified atom stereocenters. The molecule has 0 saturated carbocycles. The van der Waals surface area contributed by atoms with Gasteiger partial charge in [0.25, 0.3) is 0 Å². The van der Waals surface area contributed by atoms with E-state index in [9.17, 15) is 8.42 Å². The topological polar surface area (TPSA) is 56.3 Å². The second-order valence-electron chi connectivity index (χ2n) is 5.09. The minimum absolute atomic E-state index is 0.409. The number of fused-ring (bicyclic) bond motifs is 1. The number of pyridine rings is 1. The Hall–Kier alpha value is -1.59. The van der Waals surface area contributed by atoms with Crippen LogP contribution in [0.25, 0.3) is 0 Å². The summed E-state index contributed by atoms with van der Waals surface area (Å²) < 4.78 is 29.5. The molecule has 1 aliphatic carbocycles. The lowest BCUT2D eigenvalue weighted by Crippen LogP contribution is -2.03. The molecule has 0 spiro atoms. The molecule has 21 heavy (non-hydrogen) atoms. The van der Waals surface area contributed by atoms with E-state index in [1.807, 2.05) is 0 Å². The highest BCUT2D eigenvalue weighted by Gasteiger charge is 2.24. The van der Waals surface area contributed by atoms with Crippen molar-refractivity contribution in [2.75, 3.05) is 6.26 Å². The van der Waals surface area contributed by atoms with Crippen molar-refractivity contribution >= 4 is 21.4 Å². The maximum Gasteiger partial charge on any atom is 0.175 e. The lowest BCUT2D eigenvalue weighted by molar-refractivity contribution is 0.474. The average molecular weight is 324 g/mol.